The Hall–Kier alpha value is -3.15. The summed E-state index contributed by atoms with van der Waals surface area (Å²) in [6.07, 6.45) is -4.04. The molecule has 4 atom stereocenters. The Balaban J connectivity index is 1.32. The molecule has 1 aliphatic rings. The third kappa shape index (κ3) is 4.74. The highest BCUT2D eigenvalue weighted by Crippen LogP contribution is 2.40. The van der Waals surface area contributed by atoms with Crippen LogP contribution in [0.15, 0.2) is 60.9 Å². The van der Waals surface area contributed by atoms with E-state index in [4.69, 9.17) is 26.1 Å². The fraction of sp³-hybridized carbons (Fsp3) is 0.240. The van der Waals surface area contributed by atoms with Crippen molar-refractivity contribution in [1.29, 1.82) is 0 Å². The van der Waals surface area contributed by atoms with Crippen LogP contribution < -0.4 is 5.32 Å². The van der Waals surface area contributed by atoms with Gasteiger partial charge in [0.1, 0.15) is 12.2 Å². The van der Waals surface area contributed by atoms with Gasteiger partial charge in [0.05, 0.1) is 18.6 Å². The van der Waals surface area contributed by atoms with E-state index in [1.165, 1.54) is 10.9 Å². The molecule has 3 aromatic carbocycles. The third-order valence-corrected chi connectivity index (χ3v) is 7.69. The first-order valence-electron chi connectivity index (χ1n) is 11.8. The van der Waals surface area contributed by atoms with Crippen LogP contribution in [0.4, 0.5) is 11.5 Å². The van der Waals surface area contributed by atoms with Gasteiger partial charge in [0.25, 0.3) is 0 Å². The standard InChI is InChI=1S/C25H23ClN5O6P/c26-25-29-22(28-17-6-5-15-9-13-3-1-2-4-14(13)10-16(15)11-17)19-23(30-25)31(12-27-19)24-21(33)20(32)18(37-24)7-8-38(34,35)36/h1-6,9-12,18,20-21,24,32-33H,7-8H2,(H,28,29,30)(H2,34,35,36)/t18-,20?,21?,24-/m1/s1. The smallest absolute Gasteiger partial charge is 0.325 e. The molecule has 2 aromatic heterocycles. The molecule has 13 heteroatoms. The number of ether oxygens (including phenoxy) is 1. The molecule has 2 unspecified atom stereocenters. The van der Waals surface area contributed by atoms with Gasteiger partial charge in [-0.15, -0.1) is 0 Å². The van der Waals surface area contributed by atoms with Gasteiger partial charge in [-0.3, -0.25) is 9.13 Å². The van der Waals surface area contributed by atoms with Crippen molar-refractivity contribution in [3.05, 3.63) is 66.2 Å². The van der Waals surface area contributed by atoms with Crippen LogP contribution in [0.5, 0.6) is 0 Å². The zero-order valence-electron chi connectivity index (χ0n) is 19.7. The van der Waals surface area contributed by atoms with Crippen molar-refractivity contribution in [2.24, 2.45) is 0 Å². The minimum atomic E-state index is -4.30. The number of imidazole rings is 1. The zero-order chi connectivity index (χ0) is 26.6. The highest BCUT2D eigenvalue weighted by atomic mass is 35.5. The summed E-state index contributed by atoms with van der Waals surface area (Å²) in [5.41, 5.74) is 1.37. The number of benzene rings is 3. The van der Waals surface area contributed by atoms with Gasteiger partial charge < -0.3 is 30.1 Å². The van der Waals surface area contributed by atoms with E-state index in [1.54, 1.807) is 0 Å². The molecule has 11 nitrogen and oxygen atoms in total. The van der Waals surface area contributed by atoms with Crippen LogP contribution in [0.1, 0.15) is 12.6 Å². The van der Waals surface area contributed by atoms with Gasteiger partial charge in [-0.05, 0) is 63.8 Å². The Morgan fingerprint density at radius 1 is 0.974 bits per heavy atom. The molecule has 1 saturated heterocycles. The molecule has 196 valence electrons. The van der Waals surface area contributed by atoms with Crippen molar-refractivity contribution in [2.75, 3.05) is 11.5 Å². The number of nitrogens with one attached hydrogen (secondary N) is 1. The number of aliphatic hydroxyl groups excluding tert-OH is 2. The molecule has 0 radical (unpaired) electrons. The fourth-order valence-electron chi connectivity index (χ4n) is 4.81. The summed E-state index contributed by atoms with van der Waals surface area (Å²) >= 11 is 6.24. The van der Waals surface area contributed by atoms with E-state index in [9.17, 15) is 14.8 Å². The Morgan fingerprint density at radius 2 is 1.68 bits per heavy atom. The average molecular weight is 556 g/mol. The van der Waals surface area contributed by atoms with Crippen LogP contribution in [0.3, 0.4) is 0 Å². The summed E-state index contributed by atoms with van der Waals surface area (Å²) in [5, 5.41) is 28.6. The number of rotatable bonds is 6. The fourth-order valence-corrected chi connectivity index (χ4v) is 5.57. The maximum absolute atomic E-state index is 11.3. The van der Waals surface area contributed by atoms with Crippen LogP contribution in [-0.2, 0) is 9.30 Å². The van der Waals surface area contributed by atoms with Crippen LogP contribution in [0.25, 0.3) is 32.7 Å². The lowest BCUT2D eigenvalue weighted by molar-refractivity contribution is -0.0355. The molecule has 0 bridgehead atoms. The Kier molecular flexibility index (Phi) is 6.32. The first kappa shape index (κ1) is 25.1. The second-order valence-electron chi connectivity index (χ2n) is 9.27. The van der Waals surface area contributed by atoms with Gasteiger partial charge in [0.2, 0.25) is 5.28 Å². The van der Waals surface area contributed by atoms with Gasteiger partial charge in [0.15, 0.2) is 23.2 Å². The lowest BCUT2D eigenvalue weighted by Crippen LogP contribution is -2.31. The summed E-state index contributed by atoms with van der Waals surface area (Å²) in [6.45, 7) is 0. The molecule has 6 rings (SSSR count). The molecule has 0 amide bonds. The summed E-state index contributed by atoms with van der Waals surface area (Å²) in [7, 11) is -4.30. The lowest BCUT2D eigenvalue weighted by Gasteiger charge is -2.17. The number of nitrogens with zero attached hydrogens (tertiary/aromatic N) is 4. The molecule has 5 aromatic rings. The molecule has 3 heterocycles. The Morgan fingerprint density at radius 3 is 2.42 bits per heavy atom. The van der Waals surface area contributed by atoms with E-state index < -0.39 is 38.3 Å². The zero-order valence-corrected chi connectivity index (χ0v) is 21.4. The highest BCUT2D eigenvalue weighted by Gasteiger charge is 2.44. The van der Waals surface area contributed by atoms with Crippen LogP contribution in [0.2, 0.25) is 5.28 Å². The summed E-state index contributed by atoms with van der Waals surface area (Å²) in [6, 6.07) is 18.3. The van der Waals surface area contributed by atoms with Crippen molar-refractivity contribution in [3.63, 3.8) is 0 Å². The third-order valence-electron chi connectivity index (χ3n) is 6.68. The predicted octanol–water partition coefficient (Wildman–Crippen LogP) is 3.72. The van der Waals surface area contributed by atoms with Crippen molar-refractivity contribution < 1.29 is 29.3 Å². The Bertz CT molecular complexity index is 1730. The van der Waals surface area contributed by atoms with Crippen LogP contribution in [-0.4, -0.2) is 64.0 Å². The minimum absolute atomic E-state index is 0.0698. The molecule has 0 spiro atoms. The Labute approximate surface area is 220 Å². The van der Waals surface area contributed by atoms with Crippen molar-refractivity contribution >= 4 is 63.4 Å². The van der Waals surface area contributed by atoms with Gasteiger partial charge in [-0.2, -0.15) is 9.97 Å². The normalized spacial score (nSPS) is 22.0. The van der Waals surface area contributed by atoms with Crippen molar-refractivity contribution in [1.82, 2.24) is 19.5 Å². The second-order valence-corrected chi connectivity index (χ2v) is 11.4. The number of aliphatic hydroxyl groups is 2. The first-order valence-corrected chi connectivity index (χ1v) is 14.0. The number of anilines is 2. The van der Waals surface area contributed by atoms with Gasteiger partial charge in [-0.1, -0.05) is 30.3 Å². The second kappa shape index (κ2) is 9.55. The minimum Gasteiger partial charge on any atom is -0.388 e. The maximum atomic E-state index is 11.3. The molecular formula is C25H23ClN5O6P. The van der Waals surface area contributed by atoms with E-state index >= 15 is 0 Å². The van der Waals surface area contributed by atoms with Gasteiger partial charge in [0, 0.05) is 5.69 Å². The SMILES string of the molecule is O=P(O)(O)CC[C@H]1O[C@@H](n2cnc3c(Nc4ccc5cc6ccccc6cc5c4)nc(Cl)nc32)C(O)C1O. The quantitative estimate of drug-likeness (QED) is 0.118. The number of hydrogen-bond acceptors (Lipinski definition) is 8. The summed E-state index contributed by atoms with van der Waals surface area (Å²) < 4.78 is 18.5. The summed E-state index contributed by atoms with van der Waals surface area (Å²) in [4.78, 5) is 31.3. The van der Waals surface area contributed by atoms with E-state index in [0.29, 0.717) is 11.3 Å². The molecular weight excluding hydrogens is 533 g/mol. The molecule has 0 saturated carbocycles. The average Bonchev–Trinajstić information content (AvgIpc) is 3.41. The number of aromatic nitrogens is 4. The molecule has 0 aliphatic carbocycles. The highest BCUT2D eigenvalue weighted by molar-refractivity contribution is 7.51. The van der Waals surface area contributed by atoms with Crippen LogP contribution >= 0.6 is 19.2 Å². The summed E-state index contributed by atoms with van der Waals surface area (Å²) in [5.74, 6) is 0.338. The number of halogens is 1. The maximum Gasteiger partial charge on any atom is 0.325 e. The van der Waals surface area contributed by atoms with E-state index in [2.05, 4.69) is 44.5 Å². The first-order chi connectivity index (χ1) is 18.2. The number of hydrogen-bond donors (Lipinski definition) is 5. The molecule has 5 N–H and O–H groups in total. The monoisotopic (exact) mass is 555 g/mol. The van der Waals surface area contributed by atoms with Crippen molar-refractivity contribution in [2.45, 2.75) is 31.0 Å². The largest absolute Gasteiger partial charge is 0.388 e. The molecule has 38 heavy (non-hydrogen) atoms. The van der Waals surface area contributed by atoms with Gasteiger partial charge >= 0.3 is 7.60 Å². The van der Waals surface area contributed by atoms with E-state index in [0.717, 1.165) is 27.2 Å². The molecule has 1 aliphatic heterocycles. The van der Waals surface area contributed by atoms with E-state index in [1.807, 2.05) is 30.3 Å². The lowest BCUT2D eigenvalue weighted by atomic mass is 10.0. The van der Waals surface area contributed by atoms with Gasteiger partial charge in [-0.25, -0.2) is 4.98 Å². The number of fused-ring (bicyclic) bond motifs is 3. The van der Waals surface area contributed by atoms with Crippen LogP contribution in [0, 0.1) is 0 Å². The topological polar surface area (TPSA) is 163 Å². The van der Waals surface area contributed by atoms with Crippen molar-refractivity contribution in [3.8, 4) is 0 Å². The van der Waals surface area contributed by atoms with E-state index in [-0.39, 0.29) is 17.4 Å². The molecule has 1 fully saturated rings. The predicted molar refractivity (Wildman–Crippen MR) is 143 cm³/mol.